The number of nitrogens with zero attached hydrogens (tertiary/aromatic N) is 3. The number of piperazine rings is 1. The predicted molar refractivity (Wildman–Crippen MR) is 96.9 cm³/mol. The second-order valence-corrected chi connectivity index (χ2v) is 8.30. The van der Waals surface area contributed by atoms with Crippen molar-refractivity contribution in [3.63, 3.8) is 0 Å². The first-order valence-electron chi connectivity index (χ1n) is 8.24. The van der Waals surface area contributed by atoms with E-state index in [0.29, 0.717) is 31.9 Å². The zero-order valence-electron chi connectivity index (χ0n) is 14.9. The summed E-state index contributed by atoms with van der Waals surface area (Å²) in [6, 6.07) is 5.63. The van der Waals surface area contributed by atoms with E-state index in [0.717, 1.165) is 23.8 Å². The summed E-state index contributed by atoms with van der Waals surface area (Å²) in [4.78, 5) is 26.4. The summed E-state index contributed by atoms with van der Waals surface area (Å²) in [5.74, 6) is -0.0931. The molecule has 1 aliphatic heterocycles. The Bertz CT molecular complexity index is 740. The van der Waals surface area contributed by atoms with Crippen LogP contribution in [0, 0.1) is 13.8 Å². The van der Waals surface area contributed by atoms with Crippen molar-refractivity contribution in [3.05, 3.63) is 29.3 Å². The molecule has 1 aromatic carbocycles. The fourth-order valence-corrected chi connectivity index (χ4v) is 3.86. The van der Waals surface area contributed by atoms with E-state index < -0.39 is 10.0 Å². The van der Waals surface area contributed by atoms with Crippen LogP contribution in [0.25, 0.3) is 0 Å². The monoisotopic (exact) mass is 367 g/mol. The van der Waals surface area contributed by atoms with E-state index in [1.165, 1.54) is 4.31 Å². The van der Waals surface area contributed by atoms with Crippen molar-refractivity contribution in [1.82, 2.24) is 9.80 Å². The summed E-state index contributed by atoms with van der Waals surface area (Å²) >= 11 is 0. The molecule has 2 amide bonds. The molecule has 25 heavy (non-hydrogen) atoms. The largest absolute Gasteiger partial charge is 0.342 e. The third kappa shape index (κ3) is 4.94. The van der Waals surface area contributed by atoms with Crippen LogP contribution in [0.5, 0.6) is 0 Å². The minimum atomic E-state index is -3.49. The zero-order chi connectivity index (χ0) is 18.6. The summed E-state index contributed by atoms with van der Waals surface area (Å²) in [7, 11) is -3.49. The third-order valence-electron chi connectivity index (χ3n) is 4.38. The fraction of sp³-hybridized carbons (Fsp3) is 0.529. The standard InChI is InChI=1S/C17H25N3O4S/c1-14-4-5-15(2)16(12-14)20(25(3,23)24)7-6-17(22)19-10-8-18(13-21)9-11-19/h4-5,12-13H,6-11H2,1-3H3. The summed E-state index contributed by atoms with van der Waals surface area (Å²) in [6.45, 7) is 5.87. The van der Waals surface area contributed by atoms with Crippen LogP contribution in [-0.2, 0) is 19.6 Å². The highest BCUT2D eigenvalue weighted by atomic mass is 32.2. The van der Waals surface area contributed by atoms with Gasteiger partial charge < -0.3 is 9.80 Å². The van der Waals surface area contributed by atoms with Gasteiger partial charge in [-0.05, 0) is 31.0 Å². The van der Waals surface area contributed by atoms with Gasteiger partial charge in [0.05, 0.1) is 11.9 Å². The Morgan fingerprint density at radius 1 is 1.20 bits per heavy atom. The second-order valence-electron chi connectivity index (χ2n) is 6.40. The summed E-state index contributed by atoms with van der Waals surface area (Å²) in [6.07, 6.45) is 2.05. The maximum absolute atomic E-state index is 12.4. The first kappa shape index (κ1) is 19.2. The minimum absolute atomic E-state index is 0.0931. The van der Waals surface area contributed by atoms with E-state index in [-0.39, 0.29) is 18.9 Å². The van der Waals surface area contributed by atoms with Crippen LogP contribution >= 0.6 is 0 Å². The number of hydrogen-bond acceptors (Lipinski definition) is 4. The van der Waals surface area contributed by atoms with Gasteiger partial charge in [0.15, 0.2) is 0 Å². The lowest BCUT2D eigenvalue weighted by Crippen LogP contribution is -2.48. The molecule has 1 aliphatic rings. The Kier molecular flexibility index (Phi) is 6.05. The van der Waals surface area contributed by atoms with Crippen LogP contribution in [0.15, 0.2) is 18.2 Å². The molecule has 1 aromatic rings. The van der Waals surface area contributed by atoms with Crippen molar-refractivity contribution in [2.45, 2.75) is 20.3 Å². The van der Waals surface area contributed by atoms with Crippen molar-refractivity contribution < 1.29 is 18.0 Å². The number of carbonyl (C=O) groups excluding carboxylic acids is 2. The van der Waals surface area contributed by atoms with Gasteiger partial charge in [0.1, 0.15) is 0 Å². The van der Waals surface area contributed by atoms with Crippen LogP contribution in [-0.4, -0.2) is 69.5 Å². The van der Waals surface area contributed by atoms with Crippen molar-refractivity contribution in [2.75, 3.05) is 43.3 Å². The lowest BCUT2D eigenvalue weighted by atomic mass is 10.1. The molecule has 0 radical (unpaired) electrons. The molecule has 0 saturated carbocycles. The zero-order valence-corrected chi connectivity index (χ0v) is 15.8. The van der Waals surface area contributed by atoms with Gasteiger partial charge in [-0.15, -0.1) is 0 Å². The van der Waals surface area contributed by atoms with Gasteiger partial charge in [-0.3, -0.25) is 13.9 Å². The SMILES string of the molecule is Cc1ccc(C)c(N(CCC(=O)N2CCN(C=O)CC2)S(C)(=O)=O)c1. The van der Waals surface area contributed by atoms with Crippen molar-refractivity contribution >= 4 is 28.0 Å². The number of hydrogen-bond donors (Lipinski definition) is 0. The van der Waals surface area contributed by atoms with E-state index >= 15 is 0 Å². The van der Waals surface area contributed by atoms with Crippen LogP contribution in [0.3, 0.4) is 0 Å². The van der Waals surface area contributed by atoms with Gasteiger partial charge in [0.25, 0.3) is 0 Å². The highest BCUT2D eigenvalue weighted by Gasteiger charge is 2.24. The molecule has 1 heterocycles. The first-order chi connectivity index (χ1) is 11.7. The molecule has 0 bridgehead atoms. The number of aryl methyl sites for hydroxylation is 2. The topological polar surface area (TPSA) is 78.0 Å². The number of benzene rings is 1. The molecule has 0 N–H and O–H groups in total. The highest BCUT2D eigenvalue weighted by Crippen LogP contribution is 2.24. The molecule has 1 saturated heterocycles. The van der Waals surface area contributed by atoms with Crippen LogP contribution in [0.2, 0.25) is 0 Å². The molecule has 1 fully saturated rings. The normalized spacial score (nSPS) is 15.2. The molecule has 138 valence electrons. The number of rotatable bonds is 6. The van der Waals surface area contributed by atoms with E-state index in [1.807, 2.05) is 32.0 Å². The average Bonchev–Trinajstić information content (AvgIpc) is 2.56. The molecule has 8 heteroatoms. The van der Waals surface area contributed by atoms with Gasteiger partial charge in [-0.1, -0.05) is 12.1 Å². The summed E-state index contributed by atoms with van der Waals surface area (Å²) < 4.78 is 25.7. The fourth-order valence-electron chi connectivity index (χ4n) is 2.89. The molecular weight excluding hydrogens is 342 g/mol. The smallest absolute Gasteiger partial charge is 0.232 e. The molecule has 0 unspecified atom stereocenters. The van der Waals surface area contributed by atoms with Gasteiger partial charge >= 0.3 is 0 Å². The number of carbonyl (C=O) groups is 2. The molecule has 0 aliphatic carbocycles. The predicted octanol–water partition coefficient (Wildman–Crippen LogP) is 0.760. The molecule has 2 rings (SSSR count). The Morgan fingerprint density at radius 3 is 2.40 bits per heavy atom. The molecule has 7 nitrogen and oxygen atoms in total. The summed E-state index contributed by atoms with van der Waals surface area (Å²) in [5, 5.41) is 0. The quantitative estimate of drug-likeness (QED) is 0.696. The number of anilines is 1. The molecular formula is C17H25N3O4S. The van der Waals surface area contributed by atoms with Gasteiger partial charge in [-0.25, -0.2) is 8.42 Å². The van der Waals surface area contributed by atoms with Crippen molar-refractivity contribution in [2.24, 2.45) is 0 Å². The second kappa shape index (κ2) is 7.86. The Hall–Kier alpha value is -2.09. The van der Waals surface area contributed by atoms with Crippen LogP contribution in [0.4, 0.5) is 5.69 Å². The maximum atomic E-state index is 12.4. The Labute approximate surface area is 149 Å². The lowest BCUT2D eigenvalue weighted by Gasteiger charge is -2.33. The van der Waals surface area contributed by atoms with Crippen molar-refractivity contribution in [3.8, 4) is 0 Å². The van der Waals surface area contributed by atoms with Crippen LogP contribution in [0.1, 0.15) is 17.5 Å². The third-order valence-corrected chi connectivity index (χ3v) is 5.56. The van der Waals surface area contributed by atoms with Crippen LogP contribution < -0.4 is 4.31 Å². The van der Waals surface area contributed by atoms with E-state index in [1.54, 1.807) is 9.80 Å². The molecule has 0 atom stereocenters. The number of amides is 2. The van der Waals surface area contributed by atoms with E-state index in [2.05, 4.69) is 0 Å². The van der Waals surface area contributed by atoms with Gasteiger partial charge in [0.2, 0.25) is 22.3 Å². The van der Waals surface area contributed by atoms with Crippen molar-refractivity contribution in [1.29, 1.82) is 0 Å². The summed E-state index contributed by atoms with van der Waals surface area (Å²) in [5.41, 5.74) is 2.43. The van der Waals surface area contributed by atoms with Gasteiger partial charge in [-0.2, -0.15) is 0 Å². The van der Waals surface area contributed by atoms with E-state index in [9.17, 15) is 18.0 Å². The Morgan fingerprint density at radius 2 is 1.84 bits per heavy atom. The molecule has 0 spiro atoms. The van der Waals surface area contributed by atoms with Gasteiger partial charge in [0, 0.05) is 39.1 Å². The Balaban J connectivity index is 2.08. The van der Waals surface area contributed by atoms with E-state index in [4.69, 9.17) is 0 Å². The number of sulfonamides is 1. The average molecular weight is 367 g/mol. The lowest BCUT2D eigenvalue weighted by molar-refractivity contribution is -0.134. The minimum Gasteiger partial charge on any atom is -0.342 e. The molecule has 0 aromatic heterocycles. The highest BCUT2D eigenvalue weighted by molar-refractivity contribution is 7.92. The maximum Gasteiger partial charge on any atom is 0.232 e. The first-order valence-corrected chi connectivity index (χ1v) is 10.1.